The zero-order valence-corrected chi connectivity index (χ0v) is 9.90. The van der Waals surface area contributed by atoms with Crippen molar-refractivity contribution in [2.45, 2.75) is 18.8 Å². The summed E-state index contributed by atoms with van der Waals surface area (Å²) < 4.78 is 6.20. The summed E-state index contributed by atoms with van der Waals surface area (Å²) in [4.78, 5) is 8.61. The average molecular weight is 305 g/mol. The van der Waals surface area contributed by atoms with Gasteiger partial charge in [0.25, 0.3) is 0 Å². The van der Waals surface area contributed by atoms with E-state index in [-0.39, 0.29) is 0 Å². The van der Waals surface area contributed by atoms with Gasteiger partial charge in [-0.15, -0.1) is 0 Å². The molecular formula is C9H12IN3O. The minimum atomic E-state index is 0.419. The van der Waals surface area contributed by atoms with Gasteiger partial charge in [0, 0.05) is 25.3 Å². The number of aromatic nitrogens is 2. The molecule has 4 nitrogen and oxygen atoms in total. The van der Waals surface area contributed by atoms with Crippen LogP contribution in [0.2, 0.25) is 0 Å². The molecule has 1 aromatic rings. The Kier molecular flexibility index (Phi) is 3.17. The Morgan fingerprint density at radius 3 is 2.79 bits per heavy atom. The van der Waals surface area contributed by atoms with E-state index in [1.165, 1.54) is 0 Å². The maximum absolute atomic E-state index is 5.74. The van der Waals surface area contributed by atoms with Crippen molar-refractivity contribution < 1.29 is 4.74 Å². The molecule has 1 saturated heterocycles. The van der Waals surface area contributed by atoms with Crippen LogP contribution in [-0.2, 0) is 4.74 Å². The van der Waals surface area contributed by atoms with Gasteiger partial charge in [-0.3, -0.25) is 0 Å². The maximum atomic E-state index is 5.74. The number of hydrogen-bond donors (Lipinski definition) is 1. The fourth-order valence-corrected chi connectivity index (χ4v) is 1.81. The van der Waals surface area contributed by atoms with Crippen molar-refractivity contribution in [3.63, 3.8) is 0 Å². The molecule has 0 bridgehead atoms. The van der Waals surface area contributed by atoms with E-state index in [1.807, 2.05) is 0 Å². The van der Waals surface area contributed by atoms with Crippen LogP contribution in [0.4, 0.5) is 5.82 Å². The van der Waals surface area contributed by atoms with E-state index >= 15 is 0 Å². The Balaban J connectivity index is 2.18. The van der Waals surface area contributed by atoms with E-state index in [2.05, 4.69) is 32.6 Å². The van der Waals surface area contributed by atoms with Gasteiger partial charge in [0.2, 0.25) is 0 Å². The van der Waals surface area contributed by atoms with Crippen molar-refractivity contribution in [1.82, 2.24) is 9.97 Å². The molecule has 2 N–H and O–H groups in total. The van der Waals surface area contributed by atoms with Crippen molar-refractivity contribution >= 4 is 28.4 Å². The second-order valence-electron chi connectivity index (χ2n) is 3.35. The molecule has 0 aromatic carbocycles. The maximum Gasteiger partial charge on any atom is 0.140 e. The first-order chi connectivity index (χ1) is 6.77. The highest BCUT2D eigenvalue weighted by molar-refractivity contribution is 14.1. The third-order valence-electron chi connectivity index (χ3n) is 2.38. The molecule has 5 heteroatoms. The number of nitrogens with two attached hydrogens (primary N) is 1. The smallest absolute Gasteiger partial charge is 0.140 e. The Morgan fingerprint density at radius 2 is 2.14 bits per heavy atom. The fourth-order valence-electron chi connectivity index (χ4n) is 1.55. The van der Waals surface area contributed by atoms with E-state index < -0.39 is 0 Å². The Morgan fingerprint density at radius 1 is 1.43 bits per heavy atom. The lowest BCUT2D eigenvalue weighted by atomic mass is 9.99. The standard InChI is InChI=1S/C9H12IN3O/c10-7-5-12-9(13-8(7)11)6-1-3-14-4-2-6/h5-6H,1-4H2,(H2,11,12,13). The highest BCUT2D eigenvalue weighted by Crippen LogP contribution is 2.25. The second-order valence-corrected chi connectivity index (χ2v) is 4.51. The van der Waals surface area contributed by atoms with Crippen LogP contribution < -0.4 is 5.73 Å². The summed E-state index contributed by atoms with van der Waals surface area (Å²) in [5, 5.41) is 0. The molecule has 2 rings (SSSR count). The van der Waals surface area contributed by atoms with Gasteiger partial charge in [0.15, 0.2) is 0 Å². The summed E-state index contributed by atoms with van der Waals surface area (Å²) in [6, 6.07) is 0. The Bertz CT molecular complexity index is 326. The molecular weight excluding hydrogens is 293 g/mol. The van der Waals surface area contributed by atoms with E-state index in [9.17, 15) is 0 Å². The Labute approximate surface area is 96.4 Å². The average Bonchev–Trinajstić information content (AvgIpc) is 2.23. The Hall–Kier alpha value is -0.430. The SMILES string of the molecule is Nc1nc(C2CCOCC2)ncc1I. The molecule has 0 aliphatic carbocycles. The first-order valence-electron chi connectivity index (χ1n) is 4.63. The molecule has 14 heavy (non-hydrogen) atoms. The first kappa shape index (κ1) is 10.1. The lowest BCUT2D eigenvalue weighted by Gasteiger charge is -2.20. The lowest BCUT2D eigenvalue weighted by molar-refractivity contribution is 0.0836. The molecule has 76 valence electrons. The molecule has 0 saturated carbocycles. The van der Waals surface area contributed by atoms with Crippen LogP contribution in [0.1, 0.15) is 24.6 Å². The highest BCUT2D eigenvalue weighted by atomic mass is 127. The number of rotatable bonds is 1. The predicted molar refractivity (Wildman–Crippen MR) is 62.0 cm³/mol. The van der Waals surface area contributed by atoms with Crippen LogP contribution in [-0.4, -0.2) is 23.2 Å². The van der Waals surface area contributed by atoms with Crippen molar-refractivity contribution in [3.8, 4) is 0 Å². The number of nitrogen functional groups attached to an aromatic ring is 1. The summed E-state index contributed by atoms with van der Waals surface area (Å²) >= 11 is 2.14. The molecule has 0 atom stereocenters. The van der Waals surface area contributed by atoms with Crippen molar-refractivity contribution in [3.05, 3.63) is 15.6 Å². The predicted octanol–water partition coefficient (Wildman–Crippen LogP) is 1.56. The van der Waals surface area contributed by atoms with E-state index in [0.29, 0.717) is 11.7 Å². The van der Waals surface area contributed by atoms with Crippen LogP contribution in [0.5, 0.6) is 0 Å². The number of anilines is 1. The summed E-state index contributed by atoms with van der Waals surface area (Å²) in [5.41, 5.74) is 5.74. The molecule has 0 spiro atoms. The van der Waals surface area contributed by atoms with Crippen molar-refractivity contribution in [2.75, 3.05) is 18.9 Å². The molecule has 1 aliphatic heterocycles. The molecule has 1 aliphatic rings. The van der Waals surface area contributed by atoms with Crippen LogP contribution in [0.25, 0.3) is 0 Å². The normalized spacial score (nSPS) is 18.4. The quantitative estimate of drug-likeness (QED) is 0.800. The summed E-state index contributed by atoms with van der Waals surface area (Å²) in [6.07, 6.45) is 3.79. The number of halogens is 1. The minimum absolute atomic E-state index is 0.419. The number of hydrogen-bond acceptors (Lipinski definition) is 4. The monoisotopic (exact) mass is 305 g/mol. The van der Waals surface area contributed by atoms with Gasteiger partial charge in [-0.05, 0) is 35.4 Å². The van der Waals surface area contributed by atoms with Crippen molar-refractivity contribution in [2.24, 2.45) is 0 Å². The van der Waals surface area contributed by atoms with Gasteiger partial charge in [0.05, 0.1) is 3.57 Å². The third-order valence-corrected chi connectivity index (χ3v) is 3.21. The van der Waals surface area contributed by atoms with Gasteiger partial charge in [-0.25, -0.2) is 9.97 Å². The highest BCUT2D eigenvalue weighted by Gasteiger charge is 2.18. The largest absolute Gasteiger partial charge is 0.383 e. The van der Waals surface area contributed by atoms with Crippen LogP contribution in [0.3, 0.4) is 0 Å². The molecule has 0 amide bonds. The summed E-state index contributed by atoms with van der Waals surface area (Å²) in [5.74, 6) is 1.87. The topological polar surface area (TPSA) is 61.0 Å². The van der Waals surface area contributed by atoms with Crippen LogP contribution >= 0.6 is 22.6 Å². The molecule has 0 unspecified atom stereocenters. The second kappa shape index (κ2) is 4.39. The van der Waals surface area contributed by atoms with E-state index in [0.717, 1.165) is 35.4 Å². The minimum Gasteiger partial charge on any atom is -0.383 e. The fraction of sp³-hybridized carbons (Fsp3) is 0.556. The van der Waals surface area contributed by atoms with Crippen LogP contribution in [0, 0.1) is 3.57 Å². The van der Waals surface area contributed by atoms with E-state index in [1.54, 1.807) is 6.20 Å². The third kappa shape index (κ3) is 2.14. The van der Waals surface area contributed by atoms with Gasteiger partial charge in [0.1, 0.15) is 11.6 Å². The number of ether oxygens (including phenoxy) is 1. The number of nitrogens with zero attached hydrogens (tertiary/aromatic N) is 2. The molecule has 0 radical (unpaired) electrons. The molecule has 1 fully saturated rings. The lowest BCUT2D eigenvalue weighted by Crippen LogP contribution is -2.17. The van der Waals surface area contributed by atoms with Gasteiger partial charge in [-0.2, -0.15) is 0 Å². The molecule has 1 aromatic heterocycles. The zero-order valence-electron chi connectivity index (χ0n) is 7.74. The summed E-state index contributed by atoms with van der Waals surface area (Å²) in [6.45, 7) is 1.61. The first-order valence-corrected chi connectivity index (χ1v) is 5.71. The molecule has 2 heterocycles. The van der Waals surface area contributed by atoms with Gasteiger partial charge in [-0.1, -0.05) is 0 Å². The zero-order chi connectivity index (χ0) is 9.97. The van der Waals surface area contributed by atoms with E-state index in [4.69, 9.17) is 10.5 Å². The van der Waals surface area contributed by atoms with Gasteiger partial charge >= 0.3 is 0 Å². The van der Waals surface area contributed by atoms with Crippen molar-refractivity contribution in [1.29, 1.82) is 0 Å². The summed E-state index contributed by atoms with van der Waals surface area (Å²) in [7, 11) is 0. The van der Waals surface area contributed by atoms with Crippen LogP contribution in [0.15, 0.2) is 6.20 Å². The van der Waals surface area contributed by atoms with Gasteiger partial charge < -0.3 is 10.5 Å².